The van der Waals surface area contributed by atoms with E-state index < -0.39 is 0 Å². The van der Waals surface area contributed by atoms with Crippen molar-refractivity contribution in [2.45, 2.75) is 45.3 Å². The minimum Gasteiger partial charge on any atom is -0.395 e. The Kier molecular flexibility index (Phi) is 6.08. The van der Waals surface area contributed by atoms with Crippen LogP contribution in [0.4, 0.5) is 5.69 Å². The molecule has 0 spiro atoms. The number of nitrogens with one attached hydrogen (secondary N) is 1. The second kappa shape index (κ2) is 8.93. The van der Waals surface area contributed by atoms with Gasteiger partial charge in [-0.3, -0.25) is 9.59 Å². The van der Waals surface area contributed by atoms with Gasteiger partial charge in [-0.2, -0.15) is 0 Å². The average molecular weight is 424 g/mol. The molecule has 8 heteroatoms. The molecule has 0 aliphatic carbocycles. The van der Waals surface area contributed by atoms with Crippen LogP contribution in [0.5, 0.6) is 0 Å². The van der Waals surface area contributed by atoms with Crippen molar-refractivity contribution in [3.05, 3.63) is 58.3 Å². The number of aliphatic hydroxyl groups excluding tert-OH is 1. The van der Waals surface area contributed by atoms with Crippen LogP contribution in [0.2, 0.25) is 0 Å². The number of aromatic nitrogens is 3. The van der Waals surface area contributed by atoms with Crippen LogP contribution in [-0.4, -0.2) is 56.3 Å². The summed E-state index contributed by atoms with van der Waals surface area (Å²) in [7, 11) is 1.69. The highest BCUT2D eigenvalue weighted by molar-refractivity contribution is 5.87. The summed E-state index contributed by atoms with van der Waals surface area (Å²) in [6.45, 7) is 3.02. The van der Waals surface area contributed by atoms with Gasteiger partial charge in [0.25, 0.3) is 5.56 Å². The highest BCUT2D eigenvalue weighted by atomic mass is 16.3. The van der Waals surface area contributed by atoms with E-state index in [-0.39, 0.29) is 31.2 Å². The Hall–Kier alpha value is -3.13. The predicted octanol–water partition coefficient (Wildman–Crippen LogP) is 1.64. The Balaban J connectivity index is 1.72. The van der Waals surface area contributed by atoms with Gasteiger partial charge in [0, 0.05) is 56.1 Å². The molecule has 3 aromatic rings. The lowest BCUT2D eigenvalue weighted by Crippen LogP contribution is -2.33. The number of carbonyl (C=O) groups is 1. The number of hydrogen-bond acceptors (Lipinski definition) is 5. The molecule has 1 aliphatic heterocycles. The Morgan fingerprint density at radius 2 is 2.16 bits per heavy atom. The number of pyridine rings is 1. The van der Waals surface area contributed by atoms with Crippen molar-refractivity contribution in [3.8, 4) is 0 Å². The topological polar surface area (TPSA) is 92.4 Å². The first kappa shape index (κ1) is 21.1. The number of benzene rings is 1. The fourth-order valence-corrected chi connectivity index (χ4v) is 4.15. The van der Waals surface area contributed by atoms with Crippen LogP contribution in [-0.2, 0) is 30.7 Å². The van der Waals surface area contributed by atoms with Gasteiger partial charge in [-0.1, -0.05) is 6.07 Å². The second-order valence-electron chi connectivity index (χ2n) is 8.18. The van der Waals surface area contributed by atoms with Crippen LogP contribution in [0.3, 0.4) is 0 Å². The summed E-state index contributed by atoms with van der Waals surface area (Å²) < 4.78 is 3.61. The number of fused-ring (bicyclic) bond motifs is 3. The van der Waals surface area contributed by atoms with E-state index in [9.17, 15) is 14.7 Å². The van der Waals surface area contributed by atoms with Crippen molar-refractivity contribution in [3.63, 3.8) is 0 Å². The maximum atomic E-state index is 12.8. The van der Waals surface area contributed by atoms with E-state index in [0.29, 0.717) is 19.0 Å². The van der Waals surface area contributed by atoms with Gasteiger partial charge in [-0.25, -0.2) is 4.98 Å². The number of hydrogen-bond donors (Lipinski definition) is 2. The van der Waals surface area contributed by atoms with Crippen LogP contribution >= 0.6 is 0 Å². The van der Waals surface area contributed by atoms with Gasteiger partial charge >= 0.3 is 0 Å². The minimum absolute atomic E-state index is 0.0560. The van der Waals surface area contributed by atoms with Gasteiger partial charge in [0.15, 0.2) is 0 Å². The molecule has 0 saturated carbocycles. The molecule has 1 aromatic carbocycles. The molecule has 1 atom stereocenters. The number of likely N-dealkylation sites (N-methyl/N-ethyl adjacent to an activating group) is 1. The summed E-state index contributed by atoms with van der Waals surface area (Å²) in [5.74, 6) is 0.694. The maximum Gasteiger partial charge on any atom is 0.250 e. The predicted molar refractivity (Wildman–Crippen MR) is 120 cm³/mol. The van der Waals surface area contributed by atoms with Crippen molar-refractivity contribution in [2.24, 2.45) is 0 Å². The molecule has 0 radical (unpaired) electrons. The molecule has 4 rings (SSSR count). The average Bonchev–Trinajstić information content (AvgIpc) is 3.10. The monoisotopic (exact) mass is 423 g/mol. The van der Waals surface area contributed by atoms with Crippen molar-refractivity contribution in [2.75, 3.05) is 25.5 Å². The number of rotatable bonds is 7. The molecule has 2 aromatic heterocycles. The van der Waals surface area contributed by atoms with Gasteiger partial charge < -0.3 is 24.5 Å². The molecule has 0 fully saturated rings. The van der Waals surface area contributed by atoms with Crippen LogP contribution in [0.1, 0.15) is 24.7 Å². The zero-order valence-electron chi connectivity index (χ0n) is 18.0. The van der Waals surface area contributed by atoms with Crippen LogP contribution in [0.15, 0.2) is 41.3 Å². The van der Waals surface area contributed by atoms with Gasteiger partial charge in [0.2, 0.25) is 5.91 Å². The first-order valence-electron chi connectivity index (χ1n) is 10.8. The van der Waals surface area contributed by atoms with E-state index in [1.54, 1.807) is 29.9 Å². The number of nitrogens with zero attached hydrogens (tertiary/aromatic N) is 4. The maximum absolute atomic E-state index is 12.8. The molecule has 164 valence electrons. The molecule has 1 amide bonds. The lowest BCUT2D eigenvalue weighted by molar-refractivity contribution is -0.130. The summed E-state index contributed by atoms with van der Waals surface area (Å²) in [6, 6.07) is 9.61. The van der Waals surface area contributed by atoms with E-state index >= 15 is 0 Å². The molecular weight excluding hydrogens is 394 g/mol. The van der Waals surface area contributed by atoms with Crippen molar-refractivity contribution < 1.29 is 9.90 Å². The number of amides is 1. The quantitative estimate of drug-likeness (QED) is 0.603. The zero-order chi connectivity index (χ0) is 22.0. The molecule has 1 aliphatic rings. The normalized spacial score (nSPS) is 15.5. The molecule has 3 heterocycles. The van der Waals surface area contributed by atoms with E-state index in [1.165, 1.54) is 10.5 Å². The third-order valence-electron chi connectivity index (χ3n) is 5.96. The highest BCUT2D eigenvalue weighted by Gasteiger charge is 2.22. The van der Waals surface area contributed by atoms with Gasteiger partial charge in [-0.15, -0.1) is 0 Å². The molecule has 8 nitrogen and oxygen atoms in total. The fraction of sp³-hybridized carbons (Fsp3) is 0.435. The molecule has 0 bridgehead atoms. The summed E-state index contributed by atoms with van der Waals surface area (Å²) in [4.78, 5) is 31.3. The Labute approximate surface area is 181 Å². The van der Waals surface area contributed by atoms with E-state index in [1.807, 2.05) is 16.7 Å². The molecule has 0 unspecified atom stereocenters. The lowest BCUT2D eigenvalue weighted by atomic mass is 9.98. The minimum atomic E-state index is -0.0871. The van der Waals surface area contributed by atoms with Gasteiger partial charge in [0.05, 0.1) is 17.6 Å². The van der Waals surface area contributed by atoms with Gasteiger partial charge in [-0.05, 0) is 38.0 Å². The number of aliphatic hydroxyl groups is 1. The molecular formula is C23H29N5O3. The summed E-state index contributed by atoms with van der Waals surface area (Å²) in [5, 5.41) is 12.7. The van der Waals surface area contributed by atoms with Crippen molar-refractivity contribution >= 4 is 22.6 Å². The first-order valence-corrected chi connectivity index (χ1v) is 10.8. The van der Waals surface area contributed by atoms with Crippen LogP contribution < -0.4 is 10.9 Å². The third-order valence-corrected chi connectivity index (χ3v) is 5.96. The van der Waals surface area contributed by atoms with E-state index in [4.69, 9.17) is 4.98 Å². The number of aryl methyl sites for hydroxylation is 3. The van der Waals surface area contributed by atoms with Crippen LogP contribution in [0, 0.1) is 0 Å². The SMILES string of the molecule is C[C@H]1CCc2c(ccc3c2nc(CCn2ccccc2=O)n3CC(=O)N(C)CCO)N1. The zero-order valence-corrected chi connectivity index (χ0v) is 18.0. The van der Waals surface area contributed by atoms with E-state index in [0.717, 1.165) is 35.4 Å². The Bertz CT molecular complexity index is 1150. The molecule has 0 saturated heterocycles. The Morgan fingerprint density at radius 3 is 2.94 bits per heavy atom. The van der Waals surface area contributed by atoms with E-state index in [2.05, 4.69) is 18.3 Å². The number of imidazole rings is 1. The highest BCUT2D eigenvalue weighted by Crippen LogP contribution is 2.32. The lowest BCUT2D eigenvalue weighted by Gasteiger charge is -2.24. The summed E-state index contributed by atoms with van der Waals surface area (Å²) >= 11 is 0. The van der Waals surface area contributed by atoms with Gasteiger partial charge in [0.1, 0.15) is 12.4 Å². The van der Waals surface area contributed by atoms with Crippen LogP contribution in [0.25, 0.3) is 11.0 Å². The van der Waals surface area contributed by atoms with Crippen molar-refractivity contribution in [1.29, 1.82) is 0 Å². The largest absolute Gasteiger partial charge is 0.395 e. The first-order chi connectivity index (χ1) is 15.0. The fourth-order valence-electron chi connectivity index (χ4n) is 4.15. The number of anilines is 1. The smallest absolute Gasteiger partial charge is 0.250 e. The number of carbonyl (C=O) groups excluding carboxylic acids is 1. The Morgan fingerprint density at radius 1 is 1.32 bits per heavy atom. The summed E-state index contributed by atoms with van der Waals surface area (Å²) in [6.07, 6.45) is 4.27. The standard InChI is InChI=1S/C23H29N5O3/c1-16-6-7-17-18(24-16)8-9-19-23(17)25-20(10-12-27-11-4-3-5-21(27)30)28(19)15-22(31)26(2)13-14-29/h3-5,8-9,11,16,24,29H,6-7,10,12-15H2,1-2H3/t16-/m0/s1. The second-order valence-corrected chi connectivity index (χ2v) is 8.18. The summed E-state index contributed by atoms with van der Waals surface area (Å²) in [5.41, 5.74) is 4.08. The molecule has 31 heavy (non-hydrogen) atoms. The third kappa shape index (κ3) is 4.34. The molecule has 2 N–H and O–H groups in total. The van der Waals surface area contributed by atoms with Crippen molar-refractivity contribution in [1.82, 2.24) is 19.0 Å².